The number of sulfone groups is 1. The minimum absolute atomic E-state index is 0.327. The molecular formula is C16H15FN2O8S. The predicted molar refractivity (Wildman–Crippen MR) is 91.4 cm³/mol. The number of halogens is 1. The highest BCUT2D eigenvalue weighted by Gasteiger charge is 2.69. The molecule has 2 aliphatic rings. The van der Waals surface area contributed by atoms with Crippen molar-refractivity contribution in [1.29, 1.82) is 0 Å². The van der Waals surface area contributed by atoms with Crippen LogP contribution in [-0.4, -0.2) is 75.2 Å². The zero-order valence-electron chi connectivity index (χ0n) is 14.4. The van der Waals surface area contributed by atoms with Gasteiger partial charge in [-0.15, -0.1) is 0 Å². The number of hydrogen-bond donors (Lipinski definition) is 3. The third-order valence-corrected chi connectivity index (χ3v) is 7.62. The van der Waals surface area contributed by atoms with Crippen LogP contribution in [0.1, 0.15) is 23.7 Å². The quantitative estimate of drug-likeness (QED) is 0.256. The van der Waals surface area contributed by atoms with Crippen molar-refractivity contribution in [2.24, 2.45) is 4.99 Å². The van der Waals surface area contributed by atoms with E-state index in [0.29, 0.717) is 0 Å². The standard InChI is InChI=1S/C16H15FN2O8S/c1-16(14(15(24)25)19-10(22)4-11(19)28(16,26)27)6-18-5-9(21)7-2-3-8(20)13(23)12(7)17/h2-3,6,11,14,20,23H,4-5H2,1H3,(H,24,25)/t11-,14+,16+/m1/s1. The number of fused-ring (bicyclic) bond motifs is 1. The Balaban J connectivity index is 1.88. The Morgan fingerprint density at radius 1 is 1.39 bits per heavy atom. The second kappa shape index (κ2) is 6.26. The smallest absolute Gasteiger partial charge is 0.328 e. The van der Waals surface area contributed by atoms with Crippen molar-refractivity contribution < 1.29 is 42.5 Å². The number of carboxylic acids is 1. The lowest BCUT2D eigenvalue weighted by Gasteiger charge is -2.35. The number of aliphatic imine (C=N–C) groups is 1. The molecule has 150 valence electrons. The summed E-state index contributed by atoms with van der Waals surface area (Å²) in [4.78, 5) is 39.8. The van der Waals surface area contributed by atoms with Crippen LogP contribution >= 0.6 is 0 Å². The number of amides is 1. The van der Waals surface area contributed by atoms with Crippen LogP contribution in [0.2, 0.25) is 0 Å². The minimum Gasteiger partial charge on any atom is -0.504 e. The third kappa shape index (κ3) is 2.55. The van der Waals surface area contributed by atoms with Gasteiger partial charge in [-0.05, 0) is 19.1 Å². The summed E-state index contributed by atoms with van der Waals surface area (Å²) in [7, 11) is -4.12. The average molecular weight is 414 g/mol. The first-order chi connectivity index (χ1) is 12.9. The fourth-order valence-corrected chi connectivity index (χ4v) is 5.60. The maximum Gasteiger partial charge on any atom is 0.328 e. The van der Waals surface area contributed by atoms with Crippen molar-refractivity contribution in [2.45, 2.75) is 29.5 Å². The summed E-state index contributed by atoms with van der Waals surface area (Å²) >= 11 is 0. The van der Waals surface area contributed by atoms with Gasteiger partial charge in [0.2, 0.25) is 5.91 Å². The predicted octanol–water partition coefficient (Wildman–Crippen LogP) is -0.311. The minimum atomic E-state index is -4.12. The molecule has 3 rings (SSSR count). The highest BCUT2D eigenvalue weighted by molar-refractivity contribution is 7.94. The van der Waals surface area contributed by atoms with Crippen molar-refractivity contribution in [3.8, 4) is 11.5 Å². The van der Waals surface area contributed by atoms with E-state index in [-0.39, 0.29) is 6.42 Å². The molecule has 0 aliphatic carbocycles. The van der Waals surface area contributed by atoms with Crippen LogP contribution in [0.25, 0.3) is 0 Å². The second-order valence-electron chi connectivity index (χ2n) is 6.62. The lowest BCUT2D eigenvalue weighted by Crippen LogP contribution is -2.57. The number of nitrogens with zero attached hydrogens (tertiary/aromatic N) is 2. The molecule has 1 aromatic rings. The molecule has 3 atom stereocenters. The first kappa shape index (κ1) is 19.7. The molecule has 3 N–H and O–H groups in total. The van der Waals surface area contributed by atoms with E-state index in [0.717, 1.165) is 30.2 Å². The molecule has 0 aromatic heterocycles. The Morgan fingerprint density at radius 2 is 2.04 bits per heavy atom. The van der Waals surface area contributed by atoms with Crippen molar-refractivity contribution in [3.63, 3.8) is 0 Å². The maximum atomic E-state index is 13.9. The number of carboxylic acid groups (broad SMARTS) is 1. The van der Waals surface area contributed by atoms with Gasteiger partial charge in [-0.2, -0.15) is 0 Å². The molecule has 28 heavy (non-hydrogen) atoms. The molecular weight excluding hydrogens is 399 g/mol. The Hall–Kier alpha value is -3.02. The lowest BCUT2D eigenvalue weighted by atomic mass is 9.97. The average Bonchev–Trinajstić information content (AvgIpc) is 2.74. The van der Waals surface area contributed by atoms with Crippen LogP contribution in [0.15, 0.2) is 17.1 Å². The summed E-state index contributed by atoms with van der Waals surface area (Å²) in [6.07, 6.45) is 0.454. The number of Topliss-reactive ketones (excluding diaryl/α,β-unsaturated/α-hetero) is 1. The summed E-state index contributed by atoms with van der Waals surface area (Å²) in [6, 6.07) is 0.118. The highest BCUT2D eigenvalue weighted by atomic mass is 32.2. The number of phenolic OH excluding ortho intramolecular Hbond substituents is 2. The van der Waals surface area contributed by atoms with Crippen molar-refractivity contribution in [3.05, 3.63) is 23.5 Å². The molecule has 1 aromatic carbocycles. The fourth-order valence-electron chi connectivity index (χ4n) is 3.37. The first-order valence-electron chi connectivity index (χ1n) is 7.95. The molecule has 0 spiro atoms. The lowest BCUT2D eigenvalue weighted by molar-refractivity contribution is -0.156. The monoisotopic (exact) mass is 414 g/mol. The molecule has 0 saturated carbocycles. The number of aliphatic carboxylic acids is 1. The Kier molecular flexibility index (Phi) is 4.41. The zero-order chi connectivity index (χ0) is 21.0. The molecule has 0 unspecified atom stereocenters. The van der Waals surface area contributed by atoms with Gasteiger partial charge in [-0.1, -0.05) is 0 Å². The van der Waals surface area contributed by atoms with Gasteiger partial charge < -0.3 is 20.2 Å². The zero-order valence-corrected chi connectivity index (χ0v) is 15.2. The van der Waals surface area contributed by atoms with Gasteiger partial charge >= 0.3 is 5.97 Å². The number of benzene rings is 1. The van der Waals surface area contributed by atoms with E-state index in [2.05, 4.69) is 4.99 Å². The van der Waals surface area contributed by atoms with E-state index in [9.17, 15) is 42.5 Å². The largest absolute Gasteiger partial charge is 0.504 e. The van der Waals surface area contributed by atoms with Gasteiger partial charge in [-0.25, -0.2) is 17.6 Å². The van der Waals surface area contributed by atoms with Crippen LogP contribution in [0.3, 0.4) is 0 Å². The molecule has 12 heteroatoms. The van der Waals surface area contributed by atoms with Crippen molar-refractivity contribution in [2.75, 3.05) is 6.54 Å². The van der Waals surface area contributed by atoms with Gasteiger partial charge in [0.05, 0.1) is 12.0 Å². The van der Waals surface area contributed by atoms with Crippen molar-refractivity contribution >= 4 is 33.7 Å². The molecule has 2 saturated heterocycles. The number of ketones is 1. The Labute approximate surface area is 157 Å². The van der Waals surface area contributed by atoms with Crippen LogP contribution in [0, 0.1) is 5.82 Å². The number of carbonyl (C=O) groups is 3. The summed E-state index contributed by atoms with van der Waals surface area (Å²) in [5, 5.41) is 26.7. The number of rotatable bonds is 5. The van der Waals surface area contributed by atoms with E-state index in [1.165, 1.54) is 0 Å². The summed E-state index contributed by atoms with van der Waals surface area (Å²) in [5.74, 6) is -6.33. The first-order valence-corrected chi connectivity index (χ1v) is 9.50. The number of aromatic hydroxyl groups is 2. The molecule has 2 aliphatic heterocycles. The summed E-state index contributed by atoms with van der Waals surface area (Å²) in [6.45, 7) is 0.352. The van der Waals surface area contributed by atoms with E-state index >= 15 is 0 Å². The van der Waals surface area contributed by atoms with Crippen molar-refractivity contribution in [1.82, 2.24) is 4.90 Å². The number of β-lactam (4-membered cyclic amide) rings is 1. The van der Waals surface area contributed by atoms with Crippen LogP contribution in [0.5, 0.6) is 11.5 Å². The summed E-state index contributed by atoms with van der Waals surface area (Å²) in [5.41, 5.74) is -0.583. The summed E-state index contributed by atoms with van der Waals surface area (Å²) < 4.78 is 37.1. The van der Waals surface area contributed by atoms with E-state index in [1.807, 2.05) is 0 Å². The van der Waals surface area contributed by atoms with Gasteiger partial charge in [-0.3, -0.25) is 14.6 Å². The van der Waals surface area contributed by atoms with Crippen LogP contribution < -0.4 is 0 Å². The Morgan fingerprint density at radius 3 is 2.61 bits per heavy atom. The van der Waals surface area contributed by atoms with Gasteiger partial charge in [0.25, 0.3) is 0 Å². The third-order valence-electron chi connectivity index (χ3n) is 4.95. The SMILES string of the molecule is C[C@]1(C=NCC(=O)c2ccc(O)c(O)c2F)[C@H](C(=O)O)N2C(=O)C[C@H]2S1(=O)=O. The molecule has 10 nitrogen and oxygen atoms in total. The topological polar surface area (TPSA) is 162 Å². The number of carbonyl (C=O) groups excluding carboxylic acids is 2. The second-order valence-corrected chi connectivity index (χ2v) is 9.13. The molecule has 2 heterocycles. The van der Waals surface area contributed by atoms with Crippen LogP contribution in [0.4, 0.5) is 4.39 Å². The van der Waals surface area contributed by atoms with E-state index in [1.54, 1.807) is 0 Å². The van der Waals surface area contributed by atoms with Crippen LogP contribution in [-0.2, 0) is 19.4 Å². The molecule has 0 bridgehead atoms. The molecule has 2 fully saturated rings. The Bertz CT molecular complexity index is 1040. The van der Waals surface area contributed by atoms with Gasteiger partial charge in [0, 0.05) is 6.21 Å². The number of phenols is 2. The maximum absolute atomic E-state index is 13.9. The fraction of sp³-hybridized carbons (Fsp3) is 0.375. The number of hydrogen-bond acceptors (Lipinski definition) is 8. The highest BCUT2D eigenvalue weighted by Crippen LogP contribution is 2.45. The molecule has 1 amide bonds. The normalized spacial score (nSPS) is 28.2. The molecule has 0 radical (unpaired) electrons. The van der Waals surface area contributed by atoms with E-state index in [4.69, 9.17) is 0 Å². The van der Waals surface area contributed by atoms with Gasteiger partial charge in [0.1, 0.15) is 16.7 Å². The van der Waals surface area contributed by atoms with E-state index < -0.39 is 73.1 Å². The van der Waals surface area contributed by atoms with Gasteiger partial charge in [0.15, 0.2) is 39.0 Å².